The molecule has 0 unspecified atom stereocenters. The van der Waals surface area contributed by atoms with E-state index in [4.69, 9.17) is 13.9 Å². The first-order valence-electron chi connectivity index (χ1n) is 11.0. The molecule has 1 aliphatic heterocycles. The SMILES string of the molecule is C=C(C(C)C)[C@H](O)[C@H]1Cc2c(cc3oc4ccc(C)c(O)c4c(=O)c3c2OC(C)=O)O[C@]1(C)O. The van der Waals surface area contributed by atoms with Crippen LogP contribution >= 0.6 is 0 Å². The summed E-state index contributed by atoms with van der Waals surface area (Å²) in [7, 11) is 0. The molecule has 2 aromatic carbocycles. The number of aryl methyl sites for hydroxylation is 1. The Hall–Kier alpha value is -3.36. The lowest BCUT2D eigenvalue weighted by Crippen LogP contribution is -2.51. The fourth-order valence-corrected chi connectivity index (χ4v) is 4.43. The fourth-order valence-electron chi connectivity index (χ4n) is 4.43. The summed E-state index contributed by atoms with van der Waals surface area (Å²) in [4.78, 5) is 25.5. The van der Waals surface area contributed by atoms with E-state index in [2.05, 4.69) is 6.58 Å². The Balaban J connectivity index is 2.03. The molecule has 0 saturated heterocycles. The van der Waals surface area contributed by atoms with Gasteiger partial charge in [0.2, 0.25) is 11.2 Å². The highest BCUT2D eigenvalue weighted by Crippen LogP contribution is 2.46. The van der Waals surface area contributed by atoms with E-state index in [1.807, 2.05) is 13.8 Å². The number of ether oxygens (including phenoxy) is 2. The first-order valence-corrected chi connectivity index (χ1v) is 11.0. The molecular formula is C26H28O8. The van der Waals surface area contributed by atoms with Gasteiger partial charge in [-0.05, 0) is 36.5 Å². The lowest BCUT2D eigenvalue weighted by atomic mass is 9.79. The Labute approximate surface area is 196 Å². The highest BCUT2D eigenvalue weighted by molar-refractivity contribution is 5.98. The number of benzene rings is 2. The van der Waals surface area contributed by atoms with Crippen LogP contribution in [0.2, 0.25) is 0 Å². The van der Waals surface area contributed by atoms with Gasteiger partial charge in [-0.1, -0.05) is 26.5 Å². The van der Waals surface area contributed by atoms with E-state index in [0.717, 1.165) is 0 Å². The van der Waals surface area contributed by atoms with Crippen molar-refractivity contribution in [3.8, 4) is 17.2 Å². The molecule has 0 amide bonds. The molecular weight excluding hydrogens is 440 g/mol. The highest BCUT2D eigenvalue weighted by Gasteiger charge is 2.46. The number of fused-ring (bicyclic) bond motifs is 3. The summed E-state index contributed by atoms with van der Waals surface area (Å²) >= 11 is 0. The van der Waals surface area contributed by atoms with E-state index in [1.54, 1.807) is 19.1 Å². The maximum Gasteiger partial charge on any atom is 0.308 e. The topological polar surface area (TPSA) is 126 Å². The zero-order valence-corrected chi connectivity index (χ0v) is 19.8. The molecule has 0 bridgehead atoms. The van der Waals surface area contributed by atoms with Gasteiger partial charge >= 0.3 is 5.97 Å². The molecule has 8 nitrogen and oxygen atoms in total. The molecule has 8 heteroatoms. The number of aliphatic hydroxyl groups excluding tert-OH is 1. The first-order chi connectivity index (χ1) is 15.8. The second-order valence-electron chi connectivity index (χ2n) is 9.33. The Kier molecular flexibility index (Phi) is 5.70. The predicted octanol–water partition coefficient (Wildman–Crippen LogP) is 3.72. The summed E-state index contributed by atoms with van der Waals surface area (Å²) in [6.07, 6.45) is -1.09. The minimum atomic E-state index is -1.78. The van der Waals surface area contributed by atoms with Gasteiger partial charge in [-0.25, -0.2) is 0 Å². The van der Waals surface area contributed by atoms with Crippen molar-refractivity contribution < 1.29 is 34.0 Å². The van der Waals surface area contributed by atoms with Crippen molar-refractivity contribution in [2.24, 2.45) is 11.8 Å². The van der Waals surface area contributed by atoms with E-state index in [0.29, 0.717) is 16.7 Å². The molecule has 0 aliphatic carbocycles. The molecule has 0 radical (unpaired) electrons. The van der Waals surface area contributed by atoms with Gasteiger partial charge in [-0.3, -0.25) is 9.59 Å². The third-order valence-electron chi connectivity index (χ3n) is 6.50. The molecule has 3 atom stereocenters. The minimum Gasteiger partial charge on any atom is -0.507 e. The summed E-state index contributed by atoms with van der Waals surface area (Å²) < 4.78 is 17.2. The third kappa shape index (κ3) is 3.73. The number of hydrogen-bond donors (Lipinski definition) is 3. The zero-order chi connectivity index (χ0) is 25.1. The van der Waals surface area contributed by atoms with Gasteiger partial charge in [0.1, 0.15) is 33.4 Å². The van der Waals surface area contributed by atoms with Crippen molar-refractivity contribution in [3.05, 3.63) is 51.7 Å². The van der Waals surface area contributed by atoms with Crippen molar-refractivity contribution in [1.82, 2.24) is 0 Å². The van der Waals surface area contributed by atoms with E-state index in [1.165, 1.54) is 19.9 Å². The van der Waals surface area contributed by atoms with Crippen molar-refractivity contribution >= 4 is 27.9 Å². The van der Waals surface area contributed by atoms with E-state index in [-0.39, 0.29) is 51.5 Å². The molecule has 4 rings (SSSR count). The van der Waals surface area contributed by atoms with Crippen LogP contribution in [0, 0.1) is 18.8 Å². The van der Waals surface area contributed by atoms with Crippen LogP contribution in [0.25, 0.3) is 21.9 Å². The molecule has 1 aromatic heterocycles. The van der Waals surface area contributed by atoms with Crippen LogP contribution < -0.4 is 14.9 Å². The van der Waals surface area contributed by atoms with Crippen LogP contribution in [-0.4, -0.2) is 33.2 Å². The van der Waals surface area contributed by atoms with Crippen molar-refractivity contribution in [3.63, 3.8) is 0 Å². The summed E-state index contributed by atoms with van der Waals surface area (Å²) in [6, 6.07) is 4.63. The average Bonchev–Trinajstić information content (AvgIpc) is 2.73. The number of aliphatic hydroxyl groups is 2. The lowest BCUT2D eigenvalue weighted by molar-refractivity contribution is -0.192. The third-order valence-corrected chi connectivity index (χ3v) is 6.50. The molecule has 180 valence electrons. The lowest BCUT2D eigenvalue weighted by Gasteiger charge is -2.41. The molecule has 0 fully saturated rings. The minimum absolute atomic E-state index is 0.0328. The number of phenols is 1. The molecule has 34 heavy (non-hydrogen) atoms. The molecule has 3 aromatic rings. The second-order valence-corrected chi connectivity index (χ2v) is 9.33. The number of carbonyl (C=O) groups excluding carboxylic acids is 1. The molecule has 2 heterocycles. The molecule has 3 N–H and O–H groups in total. The number of hydrogen-bond acceptors (Lipinski definition) is 8. The van der Waals surface area contributed by atoms with Crippen LogP contribution in [-0.2, 0) is 11.2 Å². The van der Waals surface area contributed by atoms with E-state index >= 15 is 0 Å². The van der Waals surface area contributed by atoms with Crippen LogP contribution in [0.15, 0.2) is 39.6 Å². The maximum atomic E-state index is 13.5. The van der Waals surface area contributed by atoms with Gasteiger partial charge in [-0.15, -0.1) is 0 Å². The van der Waals surface area contributed by atoms with Crippen molar-refractivity contribution in [2.45, 2.75) is 52.9 Å². The van der Waals surface area contributed by atoms with Crippen LogP contribution in [0.4, 0.5) is 0 Å². The van der Waals surface area contributed by atoms with Crippen LogP contribution in [0.1, 0.15) is 38.8 Å². The molecule has 0 spiro atoms. The van der Waals surface area contributed by atoms with Crippen molar-refractivity contribution in [2.75, 3.05) is 0 Å². The second kappa shape index (κ2) is 8.14. The Bertz CT molecular complexity index is 1400. The number of esters is 1. The van der Waals surface area contributed by atoms with Gasteiger partial charge in [0.15, 0.2) is 5.75 Å². The van der Waals surface area contributed by atoms with Gasteiger partial charge < -0.3 is 29.2 Å². The average molecular weight is 469 g/mol. The van der Waals surface area contributed by atoms with Gasteiger partial charge in [-0.2, -0.15) is 0 Å². The normalized spacial score (nSPS) is 20.8. The molecule has 1 aliphatic rings. The smallest absolute Gasteiger partial charge is 0.308 e. The summed E-state index contributed by atoms with van der Waals surface area (Å²) in [6.45, 7) is 12.0. The predicted molar refractivity (Wildman–Crippen MR) is 126 cm³/mol. The Morgan fingerprint density at radius 2 is 1.94 bits per heavy atom. The Morgan fingerprint density at radius 1 is 1.26 bits per heavy atom. The summed E-state index contributed by atoms with van der Waals surface area (Å²) in [5.41, 5.74) is 0.973. The molecule has 0 saturated carbocycles. The number of aromatic hydroxyl groups is 1. The first kappa shape index (κ1) is 23.8. The van der Waals surface area contributed by atoms with Crippen molar-refractivity contribution in [1.29, 1.82) is 0 Å². The largest absolute Gasteiger partial charge is 0.507 e. The monoisotopic (exact) mass is 468 g/mol. The van der Waals surface area contributed by atoms with Crippen LogP contribution in [0.3, 0.4) is 0 Å². The van der Waals surface area contributed by atoms with Gasteiger partial charge in [0.25, 0.3) is 0 Å². The maximum absolute atomic E-state index is 13.5. The highest BCUT2D eigenvalue weighted by atomic mass is 16.6. The van der Waals surface area contributed by atoms with E-state index < -0.39 is 29.2 Å². The number of carbonyl (C=O) groups is 1. The quantitative estimate of drug-likeness (QED) is 0.229. The Morgan fingerprint density at radius 3 is 2.56 bits per heavy atom. The fraction of sp³-hybridized carbons (Fsp3) is 0.385. The number of rotatable bonds is 4. The standard InChI is InChI=1S/C26H28O8/c1-11(2)13(4)23(29)16-9-15-18(34-26(16,6)31)10-19-21(25(15)32-14(5)27)24(30)20-17(33-19)8-7-12(3)22(20)28/h7-8,10-11,16,23,28-29,31H,4,9H2,1-3,5-6H3/t16-,23+,26+/m1/s1. The van der Waals surface area contributed by atoms with Crippen LogP contribution in [0.5, 0.6) is 17.2 Å². The zero-order valence-electron chi connectivity index (χ0n) is 19.8. The number of phenolic OH excluding ortho intramolecular Hbond substituents is 1. The van der Waals surface area contributed by atoms with Gasteiger partial charge in [0, 0.05) is 25.5 Å². The van der Waals surface area contributed by atoms with Gasteiger partial charge in [0.05, 0.1) is 12.0 Å². The van der Waals surface area contributed by atoms with E-state index in [9.17, 15) is 24.9 Å². The summed E-state index contributed by atoms with van der Waals surface area (Å²) in [5, 5.41) is 32.5. The summed E-state index contributed by atoms with van der Waals surface area (Å²) in [5.74, 6) is -3.52.